The summed E-state index contributed by atoms with van der Waals surface area (Å²) < 4.78 is 18.7. The second-order valence-corrected chi connectivity index (χ2v) is 7.24. The molecule has 4 nitrogen and oxygen atoms in total. The van der Waals surface area contributed by atoms with Gasteiger partial charge in [-0.3, -0.25) is 5.32 Å². The summed E-state index contributed by atoms with van der Waals surface area (Å²) in [5, 5.41) is 9.55. The molecule has 0 aliphatic heterocycles. The van der Waals surface area contributed by atoms with Crippen LogP contribution in [0.1, 0.15) is 27.9 Å². The Labute approximate surface area is 160 Å². The molecule has 2 aromatic carbocycles. The number of nitrogens with zero attached hydrogens (tertiary/aromatic N) is 2. The van der Waals surface area contributed by atoms with Crippen molar-refractivity contribution in [1.82, 2.24) is 15.5 Å². The summed E-state index contributed by atoms with van der Waals surface area (Å²) in [6, 6.07) is 18.5. The molecule has 0 aliphatic carbocycles. The van der Waals surface area contributed by atoms with Crippen molar-refractivity contribution in [1.29, 1.82) is 0 Å². The van der Waals surface area contributed by atoms with Crippen LogP contribution in [0.25, 0.3) is 11.4 Å². The van der Waals surface area contributed by atoms with Crippen LogP contribution >= 0.6 is 11.3 Å². The van der Waals surface area contributed by atoms with E-state index in [1.54, 1.807) is 23.5 Å². The van der Waals surface area contributed by atoms with Crippen molar-refractivity contribution >= 4 is 11.3 Å². The Morgan fingerprint density at radius 3 is 2.70 bits per heavy atom. The molecule has 4 aromatic rings. The molecular formula is C21H18FN3OS. The molecule has 0 radical (unpaired) electrons. The minimum Gasteiger partial charge on any atom is -0.338 e. The number of halogens is 1. The van der Waals surface area contributed by atoms with E-state index < -0.39 is 0 Å². The molecule has 2 aromatic heterocycles. The molecule has 0 aliphatic rings. The van der Waals surface area contributed by atoms with Crippen molar-refractivity contribution in [3.8, 4) is 11.4 Å². The average molecular weight is 379 g/mol. The van der Waals surface area contributed by atoms with E-state index in [0.717, 1.165) is 21.6 Å². The van der Waals surface area contributed by atoms with E-state index in [1.165, 1.54) is 12.1 Å². The van der Waals surface area contributed by atoms with E-state index in [-0.39, 0.29) is 11.9 Å². The van der Waals surface area contributed by atoms with Gasteiger partial charge < -0.3 is 4.52 Å². The van der Waals surface area contributed by atoms with Gasteiger partial charge in [-0.15, -0.1) is 11.3 Å². The van der Waals surface area contributed by atoms with Gasteiger partial charge in [0.2, 0.25) is 11.7 Å². The van der Waals surface area contributed by atoms with Crippen molar-refractivity contribution < 1.29 is 8.91 Å². The van der Waals surface area contributed by atoms with E-state index in [4.69, 9.17) is 4.52 Å². The third-order valence-corrected chi connectivity index (χ3v) is 5.17. The Morgan fingerprint density at radius 2 is 1.96 bits per heavy atom. The summed E-state index contributed by atoms with van der Waals surface area (Å²) in [6.07, 6.45) is 0. The number of nitrogens with one attached hydrogen (secondary N) is 1. The predicted octanol–water partition coefficient (Wildman–Crippen LogP) is 5.12. The van der Waals surface area contributed by atoms with Crippen molar-refractivity contribution in [2.75, 3.05) is 0 Å². The van der Waals surface area contributed by atoms with Crippen LogP contribution in [0.4, 0.5) is 4.39 Å². The van der Waals surface area contributed by atoms with Crippen LogP contribution in [-0.4, -0.2) is 10.1 Å². The summed E-state index contributed by atoms with van der Waals surface area (Å²) in [5.41, 5.74) is 3.06. The van der Waals surface area contributed by atoms with E-state index in [0.29, 0.717) is 18.3 Å². The second kappa shape index (κ2) is 7.82. The molecule has 1 unspecified atom stereocenters. The first-order chi connectivity index (χ1) is 13.2. The van der Waals surface area contributed by atoms with Crippen LogP contribution in [0.2, 0.25) is 0 Å². The zero-order valence-corrected chi connectivity index (χ0v) is 15.5. The van der Waals surface area contributed by atoms with Crippen LogP contribution in [0.3, 0.4) is 0 Å². The van der Waals surface area contributed by atoms with Gasteiger partial charge in [0, 0.05) is 10.4 Å². The maximum atomic E-state index is 13.3. The zero-order valence-electron chi connectivity index (χ0n) is 14.7. The third kappa shape index (κ3) is 4.13. The van der Waals surface area contributed by atoms with E-state index >= 15 is 0 Å². The summed E-state index contributed by atoms with van der Waals surface area (Å²) in [7, 11) is 0. The van der Waals surface area contributed by atoms with Crippen molar-refractivity contribution in [2.24, 2.45) is 0 Å². The average Bonchev–Trinajstić information content (AvgIpc) is 3.36. The number of hydrogen-bond acceptors (Lipinski definition) is 5. The lowest BCUT2D eigenvalue weighted by Gasteiger charge is -2.17. The monoisotopic (exact) mass is 379 g/mol. The quantitative estimate of drug-likeness (QED) is 0.505. The fourth-order valence-electron chi connectivity index (χ4n) is 2.91. The molecular weight excluding hydrogens is 361 g/mol. The van der Waals surface area contributed by atoms with Gasteiger partial charge in [-0.1, -0.05) is 47.1 Å². The van der Waals surface area contributed by atoms with Gasteiger partial charge in [-0.25, -0.2) is 4.39 Å². The molecule has 4 rings (SSSR count). The lowest BCUT2D eigenvalue weighted by Crippen LogP contribution is -2.21. The lowest BCUT2D eigenvalue weighted by molar-refractivity contribution is 0.363. The summed E-state index contributed by atoms with van der Waals surface area (Å²) >= 11 is 1.65. The van der Waals surface area contributed by atoms with Crippen LogP contribution in [0.15, 0.2) is 70.6 Å². The number of thiophene rings is 1. The molecule has 0 saturated carbocycles. The molecule has 1 N–H and O–H groups in total. The molecule has 136 valence electrons. The lowest BCUT2D eigenvalue weighted by atomic mass is 10.1. The van der Waals surface area contributed by atoms with Crippen LogP contribution in [0.5, 0.6) is 0 Å². The highest BCUT2D eigenvalue weighted by molar-refractivity contribution is 7.10. The Hall–Kier alpha value is -2.83. The highest BCUT2D eigenvalue weighted by Crippen LogP contribution is 2.27. The highest BCUT2D eigenvalue weighted by Gasteiger charge is 2.17. The zero-order chi connectivity index (χ0) is 18.6. The molecule has 6 heteroatoms. The fourth-order valence-corrected chi connectivity index (χ4v) is 3.74. The Balaban J connectivity index is 1.52. The SMILES string of the molecule is Cc1cccc(-c2noc(CNC(c3ccc(F)cc3)c3cccs3)n2)c1. The Kier molecular flexibility index (Phi) is 5.09. The fraction of sp³-hybridized carbons (Fsp3) is 0.143. The highest BCUT2D eigenvalue weighted by atomic mass is 32.1. The first-order valence-corrected chi connectivity index (χ1v) is 9.49. The van der Waals surface area contributed by atoms with Crippen molar-refractivity contribution in [3.05, 3.63) is 93.8 Å². The van der Waals surface area contributed by atoms with Gasteiger partial charge in [0.25, 0.3) is 0 Å². The van der Waals surface area contributed by atoms with Gasteiger partial charge in [0.05, 0.1) is 12.6 Å². The molecule has 2 heterocycles. The molecule has 0 fully saturated rings. The van der Waals surface area contributed by atoms with Gasteiger partial charge in [-0.05, 0) is 42.1 Å². The number of rotatable bonds is 6. The number of hydrogen-bond donors (Lipinski definition) is 1. The predicted molar refractivity (Wildman–Crippen MR) is 104 cm³/mol. The largest absolute Gasteiger partial charge is 0.338 e. The number of aromatic nitrogens is 2. The molecule has 1 atom stereocenters. The normalized spacial score (nSPS) is 12.2. The van der Waals surface area contributed by atoms with Gasteiger partial charge in [0.1, 0.15) is 5.82 Å². The summed E-state index contributed by atoms with van der Waals surface area (Å²) in [5.74, 6) is 0.837. The molecule has 0 amide bonds. The topological polar surface area (TPSA) is 51.0 Å². The van der Waals surface area contributed by atoms with Gasteiger partial charge in [0.15, 0.2) is 0 Å². The molecule has 27 heavy (non-hydrogen) atoms. The first-order valence-electron chi connectivity index (χ1n) is 8.61. The third-order valence-electron chi connectivity index (χ3n) is 4.23. The van der Waals surface area contributed by atoms with Crippen LogP contribution in [-0.2, 0) is 6.54 Å². The summed E-state index contributed by atoms with van der Waals surface area (Å²) in [4.78, 5) is 5.62. The summed E-state index contributed by atoms with van der Waals surface area (Å²) in [6.45, 7) is 2.44. The van der Waals surface area contributed by atoms with Gasteiger partial charge in [-0.2, -0.15) is 4.98 Å². The Bertz CT molecular complexity index is 1010. The maximum Gasteiger partial charge on any atom is 0.240 e. The standard InChI is InChI=1S/C21H18FN3OS/c1-14-4-2-5-16(12-14)21-24-19(26-25-21)13-23-20(18-6-3-11-27-18)15-7-9-17(22)10-8-15/h2-12,20,23H,13H2,1H3. The van der Waals surface area contributed by atoms with Crippen molar-refractivity contribution in [3.63, 3.8) is 0 Å². The molecule has 0 saturated heterocycles. The van der Waals surface area contributed by atoms with E-state index in [2.05, 4.69) is 21.5 Å². The van der Waals surface area contributed by atoms with E-state index in [9.17, 15) is 4.39 Å². The van der Waals surface area contributed by atoms with Crippen LogP contribution < -0.4 is 5.32 Å². The second-order valence-electron chi connectivity index (χ2n) is 6.26. The molecule has 0 bridgehead atoms. The number of aryl methyl sites for hydroxylation is 1. The van der Waals surface area contributed by atoms with Gasteiger partial charge >= 0.3 is 0 Å². The Morgan fingerprint density at radius 1 is 1.11 bits per heavy atom. The van der Waals surface area contributed by atoms with Crippen LogP contribution in [0, 0.1) is 12.7 Å². The minimum absolute atomic E-state index is 0.0695. The first kappa shape index (κ1) is 17.6. The smallest absolute Gasteiger partial charge is 0.240 e. The van der Waals surface area contributed by atoms with E-state index in [1.807, 2.05) is 42.6 Å². The number of benzene rings is 2. The minimum atomic E-state index is -0.247. The maximum absolute atomic E-state index is 13.3. The molecule has 0 spiro atoms. The van der Waals surface area contributed by atoms with Crippen molar-refractivity contribution in [2.45, 2.75) is 19.5 Å².